The summed E-state index contributed by atoms with van der Waals surface area (Å²) in [5.41, 5.74) is 0.689. The number of hydrogen-bond donors (Lipinski definition) is 1. The van der Waals surface area contributed by atoms with Crippen molar-refractivity contribution in [1.82, 2.24) is 4.90 Å². The summed E-state index contributed by atoms with van der Waals surface area (Å²) in [6.45, 7) is 4.78. The summed E-state index contributed by atoms with van der Waals surface area (Å²) >= 11 is 6.03. The maximum Gasteiger partial charge on any atom is 0.266 e. The number of benzene rings is 1. The molecule has 1 heterocycles. The number of anilines is 1. The number of ether oxygens (including phenoxy) is 1. The molecule has 116 valence electrons. The Labute approximate surface area is 135 Å². The second-order valence-corrected chi connectivity index (χ2v) is 5.67. The minimum absolute atomic E-state index is 0.0378. The number of nitrogens with one attached hydrogen (secondary N) is 1. The molecule has 2 rings (SSSR count). The quantitative estimate of drug-likeness (QED) is 0.687. The van der Waals surface area contributed by atoms with Gasteiger partial charge in [0.2, 0.25) is 0 Å². The molecule has 0 spiro atoms. The Morgan fingerprint density at radius 3 is 2.64 bits per heavy atom. The van der Waals surface area contributed by atoms with Gasteiger partial charge in [-0.25, -0.2) is 0 Å². The van der Waals surface area contributed by atoms with E-state index < -0.39 is 0 Å². The Morgan fingerprint density at radius 1 is 1.41 bits per heavy atom. The Morgan fingerprint density at radius 2 is 2.05 bits per heavy atom. The number of para-hydroxylation sites is 1. The largest absolute Gasteiger partial charge is 0.372 e. The van der Waals surface area contributed by atoms with Gasteiger partial charge in [0, 0.05) is 19.3 Å². The molecule has 1 aromatic carbocycles. The molecule has 1 saturated heterocycles. The van der Waals surface area contributed by atoms with Crippen molar-refractivity contribution in [3.63, 3.8) is 0 Å². The van der Waals surface area contributed by atoms with Crippen LogP contribution < -0.4 is 5.32 Å². The molecule has 0 aromatic heterocycles. The van der Waals surface area contributed by atoms with Crippen molar-refractivity contribution in [3.8, 4) is 6.07 Å². The highest BCUT2D eigenvalue weighted by atomic mass is 35.5. The van der Waals surface area contributed by atoms with Crippen LogP contribution in [-0.2, 0) is 9.53 Å². The van der Waals surface area contributed by atoms with Gasteiger partial charge >= 0.3 is 0 Å². The monoisotopic (exact) mass is 319 g/mol. The summed E-state index contributed by atoms with van der Waals surface area (Å²) in [6, 6.07) is 9.08. The van der Waals surface area contributed by atoms with E-state index in [1.165, 1.54) is 6.20 Å². The van der Waals surface area contributed by atoms with Gasteiger partial charge in [0.25, 0.3) is 5.91 Å². The predicted octanol–water partition coefficient (Wildman–Crippen LogP) is 2.80. The molecule has 1 amide bonds. The Kier molecular flexibility index (Phi) is 5.42. The van der Waals surface area contributed by atoms with Gasteiger partial charge in [0.05, 0.1) is 22.9 Å². The molecular weight excluding hydrogens is 302 g/mol. The number of nitrogens with zero attached hydrogens (tertiary/aromatic N) is 2. The molecule has 6 heteroatoms. The molecular formula is C16H18ClN3O2. The highest BCUT2D eigenvalue weighted by Gasteiger charge is 2.27. The number of morpholine rings is 1. The van der Waals surface area contributed by atoms with Gasteiger partial charge in [-0.15, -0.1) is 0 Å². The normalized spacial score (nSPS) is 22.1. The summed E-state index contributed by atoms with van der Waals surface area (Å²) < 4.78 is 5.60. The van der Waals surface area contributed by atoms with Crippen molar-refractivity contribution >= 4 is 23.2 Å². The summed E-state index contributed by atoms with van der Waals surface area (Å²) in [4.78, 5) is 14.1. The van der Waals surface area contributed by atoms with E-state index in [-0.39, 0.29) is 23.7 Å². The zero-order chi connectivity index (χ0) is 16.1. The number of amides is 1. The molecule has 1 aromatic rings. The van der Waals surface area contributed by atoms with Gasteiger partial charge in [-0.2, -0.15) is 5.26 Å². The van der Waals surface area contributed by atoms with Crippen LogP contribution in [0.4, 0.5) is 5.69 Å². The van der Waals surface area contributed by atoms with E-state index in [2.05, 4.69) is 5.32 Å². The number of carbonyl (C=O) groups excluding carboxylic acids is 1. The number of halogens is 1. The second kappa shape index (κ2) is 7.30. The lowest BCUT2D eigenvalue weighted by molar-refractivity contribution is -0.138. The van der Waals surface area contributed by atoms with Crippen molar-refractivity contribution in [2.75, 3.05) is 18.4 Å². The van der Waals surface area contributed by atoms with E-state index in [1.54, 1.807) is 17.0 Å². The first-order chi connectivity index (χ1) is 10.5. The molecule has 2 atom stereocenters. The topological polar surface area (TPSA) is 65.4 Å². The van der Waals surface area contributed by atoms with Gasteiger partial charge in [-0.05, 0) is 26.0 Å². The molecule has 0 aliphatic carbocycles. The molecule has 2 unspecified atom stereocenters. The molecule has 0 saturated carbocycles. The van der Waals surface area contributed by atoms with Gasteiger partial charge in [-0.3, -0.25) is 4.79 Å². The first-order valence-corrected chi connectivity index (χ1v) is 7.45. The fourth-order valence-corrected chi connectivity index (χ4v) is 2.57. The van der Waals surface area contributed by atoms with Crippen LogP contribution in [0.5, 0.6) is 0 Å². The standard InChI is InChI=1S/C16H18ClN3O2/c1-11-9-20(10-12(2)22-11)16(21)13(7-18)8-19-15-6-4-3-5-14(15)17/h3-6,8,11-12,19H,9-10H2,1-2H3/b13-8-. The molecule has 0 bridgehead atoms. The highest BCUT2D eigenvalue weighted by molar-refractivity contribution is 6.33. The van der Waals surface area contributed by atoms with Crippen LogP contribution in [0.15, 0.2) is 36.0 Å². The first kappa shape index (κ1) is 16.3. The summed E-state index contributed by atoms with van der Waals surface area (Å²) in [7, 11) is 0. The van der Waals surface area contributed by atoms with Crippen molar-refractivity contribution in [3.05, 3.63) is 41.1 Å². The van der Waals surface area contributed by atoms with E-state index in [0.717, 1.165) is 0 Å². The number of rotatable bonds is 3. The summed E-state index contributed by atoms with van der Waals surface area (Å²) in [6.07, 6.45) is 1.32. The minimum atomic E-state index is -0.302. The first-order valence-electron chi connectivity index (χ1n) is 7.07. The fraction of sp³-hybridized carbons (Fsp3) is 0.375. The Balaban J connectivity index is 2.10. The summed E-state index contributed by atoms with van der Waals surface area (Å²) in [5, 5.41) is 12.7. The molecule has 1 fully saturated rings. The van der Waals surface area contributed by atoms with Crippen LogP contribution in [0.25, 0.3) is 0 Å². The van der Waals surface area contributed by atoms with E-state index in [9.17, 15) is 10.1 Å². The number of hydrogen-bond acceptors (Lipinski definition) is 4. The zero-order valence-corrected chi connectivity index (χ0v) is 13.3. The molecule has 22 heavy (non-hydrogen) atoms. The lowest BCUT2D eigenvalue weighted by Gasteiger charge is -2.35. The van der Waals surface area contributed by atoms with Crippen molar-refractivity contribution < 1.29 is 9.53 Å². The fourth-order valence-electron chi connectivity index (χ4n) is 2.38. The van der Waals surface area contributed by atoms with Gasteiger partial charge < -0.3 is 15.0 Å². The smallest absolute Gasteiger partial charge is 0.266 e. The van der Waals surface area contributed by atoms with Crippen LogP contribution in [-0.4, -0.2) is 36.1 Å². The second-order valence-electron chi connectivity index (χ2n) is 5.26. The summed E-state index contributed by atoms with van der Waals surface area (Å²) in [5.74, 6) is -0.302. The maximum absolute atomic E-state index is 12.4. The molecule has 1 aliphatic heterocycles. The van der Waals surface area contributed by atoms with Crippen LogP contribution in [0.3, 0.4) is 0 Å². The van der Waals surface area contributed by atoms with E-state index in [4.69, 9.17) is 16.3 Å². The average Bonchev–Trinajstić information content (AvgIpc) is 2.48. The molecule has 1 aliphatic rings. The van der Waals surface area contributed by atoms with Gasteiger partial charge in [0.15, 0.2) is 0 Å². The van der Waals surface area contributed by atoms with Crippen LogP contribution in [0.1, 0.15) is 13.8 Å². The molecule has 0 radical (unpaired) electrons. The lowest BCUT2D eigenvalue weighted by atomic mass is 10.2. The predicted molar refractivity (Wildman–Crippen MR) is 85.4 cm³/mol. The Hall–Kier alpha value is -2.03. The molecule has 1 N–H and O–H groups in total. The van der Waals surface area contributed by atoms with Crippen LogP contribution in [0, 0.1) is 11.3 Å². The SMILES string of the molecule is CC1CN(C(=O)/C(C#N)=C\Nc2ccccc2Cl)CC(C)O1. The maximum atomic E-state index is 12.4. The third-order valence-corrected chi connectivity index (χ3v) is 3.63. The molecule has 5 nitrogen and oxygen atoms in total. The Bertz CT molecular complexity index is 614. The van der Waals surface area contributed by atoms with E-state index in [0.29, 0.717) is 23.8 Å². The van der Waals surface area contributed by atoms with Crippen molar-refractivity contribution in [2.24, 2.45) is 0 Å². The van der Waals surface area contributed by atoms with Crippen LogP contribution in [0.2, 0.25) is 5.02 Å². The third kappa shape index (κ3) is 4.00. The van der Waals surface area contributed by atoms with Crippen LogP contribution >= 0.6 is 11.6 Å². The number of nitriles is 1. The number of carbonyl (C=O) groups is 1. The average molecular weight is 320 g/mol. The van der Waals surface area contributed by atoms with E-state index >= 15 is 0 Å². The highest BCUT2D eigenvalue weighted by Crippen LogP contribution is 2.21. The third-order valence-electron chi connectivity index (χ3n) is 3.30. The minimum Gasteiger partial charge on any atom is -0.372 e. The van der Waals surface area contributed by atoms with Crippen molar-refractivity contribution in [2.45, 2.75) is 26.1 Å². The van der Waals surface area contributed by atoms with Gasteiger partial charge in [-0.1, -0.05) is 23.7 Å². The van der Waals surface area contributed by atoms with E-state index in [1.807, 2.05) is 32.0 Å². The zero-order valence-electron chi connectivity index (χ0n) is 12.5. The van der Waals surface area contributed by atoms with Crippen molar-refractivity contribution in [1.29, 1.82) is 5.26 Å². The lowest BCUT2D eigenvalue weighted by Crippen LogP contribution is -2.48. The van der Waals surface area contributed by atoms with Gasteiger partial charge in [0.1, 0.15) is 11.6 Å².